The van der Waals surface area contributed by atoms with E-state index in [9.17, 15) is 0 Å². The number of aromatic nitrogens is 1. The molecule has 0 spiro atoms. The van der Waals surface area contributed by atoms with E-state index in [0.29, 0.717) is 6.61 Å². The molecule has 0 saturated carbocycles. The first-order valence-corrected chi connectivity index (χ1v) is 7.20. The Morgan fingerprint density at radius 3 is 2.44 bits per heavy atom. The Kier molecular flexibility index (Phi) is 7.25. The van der Waals surface area contributed by atoms with Crippen LogP contribution >= 0.6 is 31.9 Å². The molecule has 0 saturated heterocycles. The Bertz CT molecular complexity index is 298. The molecule has 0 radical (unpaired) electrons. The van der Waals surface area contributed by atoms with Gasteiger partial charge in [-0.2, -0.15) is 0 Å². The lowest BCUT2D eigenvalue weighted by Gasteiger charge is -2.05. The van der Waals surface area contributed by atoms with Crippen molar-refractivity contribution in [2.24, 2.45) is 0 Å². The van der Waals surface area contributed by atoms with Crippen molar-refractivity contribution in [3.63, 3.8) is 0 Å². The van der Waals surface area contributed by atoms with Crippen molar-refractivity contribution in [2.75, 3.05) is 6.61 Å². The lowest BCUT2D eigenvalue weighted by molar-refractivity contribution is 0.116. The molecule has 0 atom stereocenters. The number of ether oxygens (including phenoxy) is 1. The summed E-state index contributed by atoms with van der Waals surface area (Å²) in [5.41, 5.74) is 1.14. The lowest BCUT2D eigenvalue weighted by Crippen LogP contribution is -1.96. The Morgan fingerprint density at radius 1 is 1.12 bits per heavy atom. The first-order chi connectivity index (χ1) is 7.72. The highest BCUT2D eigenvalue weighted by Crippen LogP contribution is 2.16. The normalized spacial score (nSPS) is 10.7. The van der Waals surface area contributed by atoms with Gasteiger partial charge < -0.3 is 4.74 Å². The molecule has 0 unspecified atom stereocenters. The van der Waals surface area contributed by atoms with Crippen LogP contribution in [0.3, 0.4) is 0 Å². The first-order valence-electron chi connectivity index (χ1n) is 5.62. The molecule has 0 aliphatic rings. The van der Waals surface area contributed by atoms with Gasteiger partial charge in [0.1, 0.15) is 9.21 Å². The fraction of sp³-hybridized carbons (Fsp3) is 0.583. The molecule has 0 aromatic carbocycles. The quantitative estimate of drug-likeness (QED) is 0.525. The molecule has 0 N–H and O–H groups in total. The Hall–Kier alpha value is 0.0700. The van der Waals surface area contributed by atoms with Gasteiger partial charge >= 0.3 is 0 Å². The molecule has 4 heteroatoms. The van der Waals surface area contributed by atoms with E-state index in [1.54, 1.807) is 0 Å². The summed E-state index contributed by atoms with van der Waals surface area (Å²) in [5.74, 6) is 0. The van der Waals surface area contributed by atoms with Gasteiger partial charge in [-0.25, -0.2) is 4.98 Å². The summed E-state index contributed by atoms with van der Waals surface area (Å²) in [6.07, 6.45) is 4.99. The van der Waals surface area contributed by atoms with Gasteiger partial charge in [-0.1, -0.05) is 26.2 Å². The molecule has 0 fully saturated rings. The summed E-state index contributed by atoms with van der Waals surface area (Å²) in [7, 11) is 0. The number of halogens is 2. The van der Waals surface area contributed by atoms with Gasteiger partial charge in [0.05, 0.1) is 6.61 Å². The minimum atomic E-state index is 0.659. The van der Waals surface area contributed by atoms with E-state index in [4.69, 9.17) is 4.74 Å². The highest BCUT2D eigenvalue weighted by atomic mass is 79.9. The number of pyridine rings is 1. The van der Waals surface area contributed by atoms with Crippen molar-refractivity contribution in [2.45, 2.75) is 39.2 Å². The van der Waals surface area contributed by atoms with E-state index in [2.05, 4.69) is 43.8 Å². The summed E-state index contributed by atoms with van der Waals surface area (Å²) >= 11 is 6.72. The predicted molar refractivity (Wildman–Crippen MR) is 73.4 cm³/mol. The fourth-order valence-corrected chi connectivity index (χ4v) is 2.63. The van der Waals surface area contributed by atoms with Crippen molar-refractivity contribution in [3.8, 4) is 0 Å². The fourth-order valence-electron chi connectivity index (χ4n) is 1.42. The zero-order valence-corrected chi connectivity index (χ0v) is 12.7. The van der Waals surface area contributed by atoms with Crippen LogP contribution in [0.5, 0.6) is 0 Å². The number of unbranched alkanes of at least 4 members (excludes halogenated alkanes) is 3. The third-order valence-electron chi connectivity index (χ3n) is 2.23. The zero-order valence-electron chi connectivity index (χ0n) is 9.51. The van der Waals surface area contributed by atoms with Gasteiger partial charge in [-0.3, -0.25) is 0 Å². The largest absolute Gasteiger partial charge is 0.377 e. The summed E-state index contributed by atoms with van der Waals surface area (Å²) in [4.78, 5) is 4.18. The van der Waals surface area contributed by atoms with Crippen molar-refractivity contribution >= 4 is 31.9 Å². The molecule has 0 aliphatic carbocycles. The maximum atomic E-state index is 5.61. The van der Waals surface area contributed by atoms with Crippen LogP contribution in [0.15, 0.2) is 21.3 Å². The zero-order chi connectivity index (χ0) is 11.8. The highest BCUT2D eigenvalue weighted by Gasteiger charge is 1.99. The van der Waals surface area contributed by atoms with Crippen LogP contribution in [0.4, 0.5) is 0 Å². The van der Waals surface area contributed by atoms with Gasteiger partial charge in [0.2, 0.25) is 0 Å². The molecule has 1 rings (SSSR count). The number of hydrogen-bond donors (Lipinski definition) is 0. The van der Waals surface area contributed by atoms with Crippen molar-refractivity contribution in [3.05, 3.63) is 26.9 Å². The maximum absolute atomic E-state index is 5.61. The second kappa shape index (κ2) is 8.20. The average molecular weight is 351 g/mol. The van der Waals surface area contributed by atoms with Gasteiger partial charge in [-0.15, -0.1) is 0 Å². The van der Waals surface area contributed by atoms with E-state index in [1.165, 1.54) is 19.3 Å². The lowest BCUT2D eigenvalue weighted by atomic mass is 10.2. The van der Waals surface area contributed by atoms with E-state index in [-0.39, 0.29) is 0 Å². The Morgan fingerprint density at radius 2 is 1.81 bits per heavy atom. The van der Waals surface area contributed by atoms with Gasteiger partial charge in [0.15, 0.2) is 0 Å². The molecule has 0 aliphatic heterocycles. The van der Waals surface area contributed by atoms with Gasteiger partial charge in [0.25, 0.3) is 0 Å². The number of rotatable bonds is 7. The van der Waals surface area contributed by atoms with Crippen LogP contribution < -0.4 is 0 Å². The topological polar surface area (TPSA) is 22.1 Å². The summed E-state index contributed by atoms with van der Waals surface area (Å²) in [6.45, 7) is 3.72. The molecule has 1 aromatic rings. The van der Waals surface area contributed by atoms with Crippen molar-refractivity contribution < 1.29 is 4.74 Å². The second-order valence-electron chi connectivity index (χ2n) is 3.73. The number of nitrogens with zero attached hydrogens (tertiary/aromatic N) is 1. The average Bonchev–Trinajstić information content (AvgIpc) is 2.22. The third-order valence-corrected chi connectivity index (χ3v) is 3.05. The van der Waals surface area contributed by atoms with Crippen LogP contribution in [0.2, 0.25) is 0 Å². The third kappa shape index (κ3) is 5.97. The second-order valence-corrected chi connectivity index (χ2v) is 5.36. The smallest absolute Gasteiger partial charge is 0.107 e. The summed E-state index contributed by atoms with van der Waals surface area (Å²) in [6, 6.07) is 3.97. The monoisotopic (exact) mass is 349 g/mol. The molecule has 0 bridgehead atoms. The van der Waals surface area contributed by atoms with E-state index < -0.39 is 0 Å². The van der Waals surface area contributed by atoms with E-state index in [0.717, 1.165) is 27.8 Å². The maximum Gasteiger partial charge on any atom is 0.107 e. The highest BCUT2D eigenvalue weighted by molar-refractivity contribution is 9.11. The van der Waals surface area contributed by atoms with Crippen LogP contribution in [-0.4, -0.2) is 11.6 Å². The van der Waals surface area contributed by atoms with Crippen LogP contribution in [0, 0.1) is 0 Å². The molecule has 90 valence electrons. The molecule has 2 nitrogen and oxygen atoms in total. The van der Waals surface area contributed by atoms with Crippen LogP contribution in [0.1, 0.15) is 38.2 Å². The Labute approximate surface area is 114 Å². The predicted octanol–water partition coefficient (Wildman–Crippen LogP) is 4.70. The number of hydrogen-bond acceptors (Lipinski definition) is 2. The van der Waals surface area contributed by atoms with E-state index in [1.807, 2.05) is 12.1 Å². The van der Waals surface area contributed by atoms with Crippen LogP contribution in [0.25, 0.3) is 0 Å². The van der Waals surface area contributed by atoms with Crippen molar-refractivity contribution in [1.82, 2.24) is 4.98 Å². The minimum absolute atomic E-state index is 0.659. The summed E-state index contributed by atoms with van der Waals surface area (Å²) < 4.78 is 7.29. The Balaban J connectivity index is 2.21. The van der Waals surface area contributed by atoms with Crippen molar-refractivity contribution in [1.29, 1.82) is 0 Å². The standard InChI is InChI=1S/C12H17Br2NO/c1-2-3-4-5-6-16-9-10-7-11(13)15-12(14)8-10/h7-8H,2-6,9H2,1H3. The molecule has 16 heavy (non-hydrogen) atoms. The molecular formula is C12H17Br2NO. The minimum Gasteiger partial charge on any atom is -0.377 e. The van der Waals surface area contributed by atoms with Crippen LogP contribution in [-0.2, 0) is 11.3 Å². The van der Waals surface area contributed by atoms with Gasteiger partial charge in [-0.05, 0) is 56.0 Å². The molecular weight excluding hydrogens is 334 g/mol. The first kappa shape index (κ1) is 14.1. The molecule has 1 heterocycles. The molecule has 0 amide bonds. The van der Waals surface area contributed by atoms with Gasteiger partial charge in [0, 0.05) is 6.61 Å². The van der Waals surface area contributed by atoms with E-state index >= 15 is 0 Å². The SMILES string of the molecule is CCCCCCOCc1cc(Br)nc(Br)c1. The molecule has 1 aromatic heterocycles. The summed E-state index contributed by atoms with van der Waals surface area (Å²) in [5, 5.41) is 0.